The van der Waals surface area contributed by atoms with Gasteiger partial charge in [0.1, 0.15) is 5.82 Å². The number of aromatic nitrogens is 5. The van der Waals surface area contributed by atoms with Gasteiger partial charge >= 0.3 is 6.18 Å². The number of carbonyl (C=O) groups excluding carboxylic acids is 1. The first-order valence-electron chi connectivity index (χ1n) is 9.84. The zero-order valence-corrected chi connectivity index (χ0v) is 18.5. The van der Waals surface area contributed by atoms with Crippen molar-refractivity contribution in [3.05, 3.63) is 72.1 Å². The van der Waals surface area contributed by atoms with Crippen molar-refractivity contribution in [3.8, 4) is 16.9 Å². The minimum atomic E-state index is -4.61. The highest BCUT2D eigenvalue weighted by atomic mass is 32.2. The molecule has 0 aliphatic rings. The van der Waals surface area contributed by atoms with Crippen LogP contribution in [0.25, 0.3) is 16.9 Å². The summed E-state index contributed by atoms with van der Waals surface area (Å²) >= 11 is 0.865. The molecule has 0 spiro atoms. The third kappa shape index (κ3) is 5.08. The van der Waals surface area contributed by atoms with Crippen LogP contribution < -0.4 is 5.32 Å². The van der Waals surface area contributed by atoms with Gasteiger partial charge in [0.15, 0.2) is 5.16 Å². The zero-order chi connectivity index (χ0) is 23.6. The fraction of sp³-hybridized carbons (Fsp3) is 0.182. The predicted molar refractivity (Wildman–Crippen MR) is 119 cm³/mol. The first-order valence-corrected chi connectivity index (χ1v) is 10.8. The van der Waals surface area contributed by atoms with Gasteiger partial charge in [-0.25, -0.2) is 4.68 Å². The molecule has 2 heterocycles. The number of nitrogens with zero attached hydrogens (tertiary/aromatic N) is 5. The molecule has 33 heavy (non-hydrogen) atoms. The van der Waals surface area contributed by atoms with Crippen LogP contribution in [0.2, 0.25) is 0 Å². The molecule has 7 nitrogen and oxygen atoms in total. The van der Waals surface area contributed by atoms with E-state index in [9.17, 15) is 18.0 Å². The summed E-state index contributed by atoms with van der Waals surface area (Å²) in [5, 5.41) is 14.1. The van der Waals surface area contributed by atoms with Crippen LogP contribution in [0, 0.1) is 6.92 Å². The number of para-hydroxylation sites is 1. The molecule has 0 aliphatic heterocycles. The largest absolute Gasteiger partial charge is 0.451 e. The number of benzene rings is 2. The molecule has 2 aromatic heterocycles. The number of halogens is 3. The van der Waals surface area contributed by atoms with Crippen molar-refractivity contribution in [1.82, 2.24) is 24.5 Å². The molecule has 0 radical (unpaired) electrons. The highest BCUT2D eigenvalue weighted by molar-refractivity contribution is 7.99. The number of thioether (sulfide) groups is 1. The molecule has 0 aliphatic carbocycles. The normalized spacial score (nSPS) is 11.5. The SMILES string of the molecule is Cc1ccc(-c2cc(NC(=O)CSc3nnc(C(F)(F)F)n3C)n(-c3ccccc3)n2)cc1. The van der Waals surface area contributed by atoms with E-state index in [0.29, 0.717) is 11.5 Å². The van der Waals surface area contributed by atoms with Crippen molar-refractivity contribution in [2.24, 2.45) is 7.05 Å². The van der Waals surface area contributed by atoms with Crippen molar-refractivity contribution >= 4 is 23.5 Å². The van der Waals surface area contributed by atoms with E-state index in [-0.39, 0.29) is 10.9 Å². The lowest BCUT2D eigenvalue weighted by molar-refractivity contribution is -0.147. The molecular formula is C22H19F3N6OS. The average molecular weight is 472 g/mol. The van der Waals surface area contributed by atoms with Gasteiger partial charge in [-0.3, -0.25) is 4.79 Å². The summed E-state index contributed by atoms with van der Waals surface area (Å²) in [7, 11) is 1.21. The Morgan fingerprint density at radius 2 is 1.76 bits per heavy atom. The number of carbonyl (C=O) groups is 1. The average Bonchev–Trinajstić information content (AvgIpc) is 3.37. The fourth-order valence-electron chi connectivity index (χ4n) is 3.10. The molecule has 2 aromatic carbocycles. The third-order valence-electron chi connectivity index (χ3n) is 4.75. The minimum Gasteiger partial charge on any atom is -0.310 e. The van der Waals surface area contributed by atoms with E-state index in [4.69, 9.17) is 0 Å². The Morgan fingerprint density at radius 1 is 1.06 bits per heavy atom. The molecule has 0 bridgehead atoms. The molecule has 1 N–H and O–H groups in total. The standard InChI is InChI=1S/C22H19F3N6OS/c1-14-8-10-15(11-9-14)17-12-18(31(29-17)16-6-4-3-5-7-16)26-19(32)13-33-21-28-27-20(30(21)2)22(23,24)25/h3-12H,13H2,1-2H3,(H,26,32). The molecule has 4 rings (SSSR count). The molecule has 0 saturated heterocycles. The molecule has 1 amide bonds. The Labute approximate surface area is 191 Å². The number of hydrogen-bond acceptors (Lipinski definition) is 5. The topological polar surface area (TPSA) is 77.6 Å². The number of nitrogens with one attached hydrogen (secondary N) is 1. The number of alkyl halides is 3. The lowest BCUT2D eigenvalue weighted by Gasteiger charge is -2.09. The number of amides is 1. The van der Waals surface area contributed by atoms with Gasteiger partial charge in [0.25, 0.3) is 0 Å². The second-order valence-electron chi connectivity index (χ2n) is 7.23. The van der Waals surface area contributed by atoms with Crippen LogP contribution >= 0.6 is 11.8 Å². The van der Waals surface area contributed by atoms with Gasteiger partial charge in [-0.15, -0.1) is 10.2 Å². The molecule has 0 fully saturated rings. The Morgan fingerprint density at radius 3 is 2.39 bits per heavy atom. The van der Waals surface area contributed by atoms with Crippen molar-refractivity contribution in [3.63, 3.8) is 0 Å². The molecule has 0 saturated carbocycles. The molecule has 0 unspecified atom stereocenters. The Bertz CT molecular complexity index is 1270. The van der Waals surface area contributed by atoms with Gasteiger partial charge in [-0.1, -0.05) is 59.8 Å². The van der Waals surface area contributed by atoms with Gasteiger partial charge in [-0.2, -0.15) is 18.3 Å². The lowest BCUT2D eigenvalue weighted by Crippen LogP contribution is -2.17. The summed E-state index contributed by atoms with van der Waals surface area (Å²) in [6.07, 6.45) is -4.61. The number of hydrogen-bond donors (Lipinski definition) is 1. The minimum absolute atomic E-state index is 0.00520. The van der Waals surface area contributed by atoms with Crippen molar-refractivity contribution < 1.29 is 18.0 Å². The van der Waals surface area contributed by atoms with E-state index >= 15 is 0 Å². The van der Waals surface area contributed by atoms with Crippen LogP contribution in [0.4, 0.5) is 19.0 Å². The Balaban J connectivity index is 1.55. The third-order valence-corrected chi connectivity index (χ3v) is 5.77. The lowest BCUT2D eigenvalue weighted by atomic mass is 10.1. The molecule has 4 aromatic rings. The maximum absolute atomic E-state index is 12.9. The van der Waals surface area contributed by atoms with Crippen LogP contribution in [-0.4, -0.2) is 36.2 Å². The highest BCUT2D eigenvalue weighted by Crippen LogP contribution is 2.30. The van der Waals surface area contributed by atoms with Crippen LogP contribution in [-0.2, 0) is 18.0 Å². The Kier molecular flexibility index (Phi) is 6.23. The van der Waals surface area contributed by atoms with Crippen LogP contribution in [0.15, 0.2) is 65.8 Å². The smallest absolute Gasteiger partial charge is 0.310 e. The number of aryl methyl sites for hydroxylation is 1. The number of anilines is 1. The van der Waals surface area contributed by atoms with Crippen LogP contribution in [0.1, 0.15) is 11.4 Å². The Hall–Kier alpha value is -3.60. The van der Waals surface area contributed by atoms with Crippen LogP contribution in [0.3, 0.4) is 0 Å². The van der Waals surface area contributed by atoms with Crippen molar-refractivity contribution in [2.75, 3.05) is 11.1 Å². The molecule has 11 heteroatoms. The van der Waals surface area contributed by atoms with E-state index in [0.717, 1.165) is 33.1 Å². The maximum atomic E-state index is 12.9. The van der Waals surface area contributed by atoms with E-state index in [1.54, 1.807) is 10.7 Å². The summed E-state index contributed by atoms with van der Waals surface area (Å²) in [5.74, 6) is -1.24. The summed E-state index contributed by atoms with van der Waals surface area (Å²) in [6, 6.07) is 18.9. The molecular weight excluding hydrogens is 453 g/mol. The van der Waals surface area contributed by atoms with E-state index in [2.05, 4.69) is 20.6 Å². The van der Waals surface area contributed by atoms with E-state index < -0.39 is 17.9 Å². The van der Waals surface area contributed by atoms with Gasteiger partial charge in [0.2, 0.25) is 11.7 Å². The summed E-state index contributed by atoms with van der Waals surface area (Å²) in [6.45, 7) is 1.99. The quantitative estimate of drug-likeness (QED) is 0.411. The van der Waals surface area contributed by atoms with Gasteiger partial charge in [0.05, 0.1) is 17.1 Å². The monoisotopic (exact) mass is 472 g/mol. The predicted octanol–water partition coefficient (Wildman–Crippen LogP) is 4.73. The van der Waals surface area contributed by atoms with Crippen molar-refractivity contribution in [1.29, 1.82) is 0 Å². The zero-order valence-electron chi connectivity index (χ0n) is 17.7. The fourth-order valence-corrected chi connectivity index (χ4v) is 3.81. The summed E-state index contributed by atoms with van der Waals surface area (Å²) in [5.41, 5.74) is 3.43. The number of rotatable bonds is 6. The van der Waals surface area contributed by atoms with Gasteiger partial charge < -0.3 is 9.88 Å². The molecule has 0 atom stereocenters. The summed E-state index contributed by atoms with van der Waals surface area (Å²) in [4.78, 5) is 12.6. The molecule has 170 valence electrons. The second kappa shape index (κ2) is 9.10. The van der Waals surface area contributed by atoms with Gasteiger partial charge in [0, 0.05) is 18.7 Å². The first-order chi connectivity index (χ1) is 15.7. The first kappa shape index (κ1) is 22.6. The highest BCUT2D eigenvalue weighted by Gasteiger charge is 2.37. The van der Waals surface area contributed by atoms with Gasteiger partial charge in [-0.05, 0) is 19.1 Å². The second-order valence-corrected chi connectivity index (χ2v) is 8.17. The van der Waals surface area contributed by atoms with Crippen LogP contribution in [0.5, 0.6) is 0 Å². The van der Waals surface area contributed by atoms with E-state index in [1.165, 1.54) is 7.05 Å². The van der Waals surface area contributed by atoms with E-state index in [1.807, 2.05) is 61.5 Å². The summed E-state index contributed by atoms with van der Waals surface area (Å²) < 4.78 is 41.1. The maximum Gasteiger partial charge on any atom is 0.451 e. The van der Waals surface area contributed by atoms with Crippen molar-refractivity contribution in [2.45, 2.75) is 18.3 Å².